The van der Waals surface area contributed by atoms with E-state index in [-0.39, 0.29) is 0 Å². The molecule has 3 rings (SSSR count). The Labute approximate surface area is 117 Å². The summed E-state index contributed by atoms with van der Waals surface area (Å²) in [4.78, 5) is 16.2. The van der Waals surface area contributed by atoms with Crippen LogP contribution in [0.1, 0.15) is 10.4 Å². The third-order valence-electron chi connectivity index (χ3n) is 3.19. The first-order valence-electron chi connectivity index (χ1n) is 6.20. The molecule has 20 heavy (non-hydrogen) atoms. The third kappa shape index (κ3) is 2.16. The smallest absolute Gasteiger partial charge is 0.249 e. The molecule has 1 heterocycles. The lowest BCUT2D eigenvalue weighted by atomic mass is 9.94. The maximum absolute atomic E-state index is 11.6. The molecule has 1 amide bonds. The van der Waals surface area contributed by atoms with Crippen molar-refractivity contribution in [2.24, 2.45) is 5.73 Å². The minimum absolute atomic E-state index is 0.458. The molecule has 2 radical (unpaired) electrons. The second kappa shape index (κ2) is 4.81. The minimum Gasteiger partial charge on any atom is -0.366 e. The van der Waals surface area contributed by atoms with Crippen molar-refractivity contribution in [3.63, 3.8) is 0 Å². The number of hydrogen-bond donors (Lipinski definition) is 1. The van der Waals surface area contributed by atoms with Gasteiger partial charge in [-0.05, 0) is 12.1 Å². The molecule has 0 saturated heterocycles. The Kier molecular flexibility index (Phi) is 2.99. The number of fused-ring (bicyclic) bond motifs is 1. The number of nitrogens with two attached hydrogens (primary N) is 1. The van der Waals surface area contributed by atoms with E-state index in [1.807, 2.05) is 36.4 Å². The Bertz CT molecular complexity index is 797. The molecule has 3 nitrogen and oxygen atoms in total. The lowest BCUT2D eigenvalue weighted by Gasteiger charge is -2.07. The molecular formula is C16H11BN2O. The van der Waals surface area contributed by atoms with Gasteiger partial charge in [-0.2, -0.15) is 0 Å². The van der Waals surface area contributed by atoms with Crippen LogP contribution in [0.2, 0.25) is 0 Å². The van der Waals surface area contributed by atoms with Gasteiger partial charge in [-0.1, -0.05) is 47.9 Å². The number of aromatic nitrogens is 1. The summed E-state index contributed by atoms with van der Waals surface area (Å²) >= 11 is 0. The number of nitrogens with zero attached hydrogens (tertiary/aromatic N) is 1. The Morgan fingerprint density at radius 1 is 1.05 bits per heavy atom. The number of benzene rings is 2. The van der Waals surface area contributed by atoms with E-state index in [4.69, 9.17) is 13.6 Å². The van der Waals surface area contributed by atoms with Crippen LogP contribution in [0.25, 0.3) is 22.2 Å². The van der Waals surface area contributed by atoms with Crippen LogP contribution in [-0.2, 0) is 0 Å². The van der Waals surface area contributed by atoms with Gasteiger partial charge in [0, 0.05) is 10.9 Å². The Morgan fingerprint density at radius 2 is 1.75 bits per heavy atom. The first-order valence-corrected chi connectivity index (χ1v) is 6.20. The highest BCUT2D eigenvalue weighted by atomic mass is 16.1. The molecule has 4 heteroatoms. The van der Waals surface area contributed by atoms with Crippen LogP contribution in [0.4, 0.5) is 0 Å². The van der Waals surface area contributed by atoms with Crippen molar-refractivity contribution in [1.29, 1.82) is 0 Å². The molecule has 1 aromatic heterocycles. The lowest BCUT2D eigenvalue weighted by molar-refractivity contribution is 0.100. The monoisotopic (exact) mass is 258 g/mol. The Hall–Kier alpha value is -2.62. The first-order chi connectivity index (χ1) is 9.65. The number of para-hydroxylation sites is 1. The molecule has 0 bridgehead atoms. The van der Waals surface area contributed by atoms with Crippen molar-refractivity contribution in [2.45, 2.75) is 0 Å². The number of amides is 1. The van der Waals surface area contributed by atoms with Crippen LogP contribution in [0, 0.1) is 0 Å². The molecule has 3 aromatic rings. The second-order valence-electron chi connectivity index (χ2n) is 4.56. The zero-order chi connectivity index (χ0) is 14.1. The van der Waals surface area contributed by atoms with E-state index in [2.05, 4.69) is 4.98 Å². The largest absolute Gasteiger partial charge is 0.366 e. The van der Waals surface area contributed by atoms with E-state index in [1.54, 1.807) is 18.2 Å². The average Bonchev–Trinajstić information content (AvgIpc) is 2.46. The molecule has 0 unspecified atom stereocenters. The Morgan fingerprint density at radius 3 is 2.45 bits per heavy atom. The summed E-state index contributed by atoms with van der Waals surface area (Å²) in [6, 6.07) is 16.5. The summed E-state index contributed by atoms with van der Waals surface area (Å²) in [5.74, 6) is -0.458. The molecule has 0 aliphatic rings. The molecule has 94 valence electrons. The maximum Gasteiger partial charge on any atom is 0.249 e. The second-order valence-corrected chi connectivity index (χ2v) is 4.56. The van der Waals surface area contributed by atoms with Crippen LogP contribution < -0.4 is 11.2 Å². The predicted octanol–water partition coefficient (Wildman–Crippen LogP) is 1.79. The number of hydrogen-bond acceptors (Lipinski definition) is 2. The van der Waals surface area contributed by atoms with Gasteiger partial charge in [-0.3, -0.25) is 4.79 Å². The predicted molar refractivity (Wildman–Crippen MR) is 81.1 cm³/mol. The normalized spacial score (nSPS) is 10.6. The zero-order valence-corrected chi connectivity index (χ0v) is 10.7. The molecule has 0 aliphatic carbocycles. The van der Waals surface area contributed by atoms with Gasteiger partial charge in [0.25, 0.3) is 0 Å². The SMILES string of the molecule is [B]c1ccc(-c2cc(C(N)=O)c3ccccc3n2)cc1. The van der Waals surface area contributed by atoms with E-state index in [0.717, 1.165) is 16.5 Å². The van der Waals surface area contributed by atoms with E-state index < -0.39 is 5.91 Å². The van der Waals surface area contributed by atoms with Crippen molar-refractivity contribution < 1.29 is 4.79 Å². The van der Waals surface area contributed by atoms with Gasteiger partial charge in [0.2, 0.25) is 5.91 Å². The van der Waals surface area contributed by atoms with Crippen LogP contribution in [-0.4, -0.2) is 18.7 Å². The molecule has 0 aliphatic heterocycles. The van der Waals surface area contributed by atoms with Crippen LogP contribution in [0.15, 0.2) is 54.6 Å². The van der Waals surface area contributed by atoms with Crippen molar-refractivity contribution in [2.75, 3.05) is 0 Å². The minimum atomic E-state index is -0.458. The molecule has 2 aromatic carbocycles. The summed E-state index contributed by atoms with van der Waals surface area (Å²) in [5.41, 5.74) is 8.97. The fraction of sp³-hybridized carbons (Fsp3) is 0. The topological polar surface area (TPSA) is 56.0 Å². The molecule has 0 spiro atoms. The third-order valence-corrected chi connectivity index (χ3v) is 3.19. The van der Waals surface area contributed by atoms with Crippen molar-refractivity contribution in [3.05, 3.63) is 60.2 Å². The zero-order valence-electron chi connectivity index (χ0n) is 10.7. The number of carbonyl (C=O) groups is 1. The molecule has 0 saturated carbocycles. The summed E-state index contributed by atoms with van der Waals surface area (Å²) < 4.78 is 0. The number of pyridine rings is 1. The van der Waals surface area contributed by atoms with Crippen molar-refractivity contribution >= 4 is 30.1 Å². The summed E-state index contributed by atoms with van der Waals surface area (Å²) in [5, 5.41) is 0.763. The number of carbonyl (C=O) groups excluding carboxylic acids is 1. The van der Waals surface area contributed by atoms with E-state index in [1.165, 1.54) is 0 Å². The van der Waals surface area contributed by atoms with Crippen LogP contribution >= 0.6 is 0 Å². The Balaban J connectivity index is 2.27. The maximum atomic E-state index is 11.6. The highest BCUT2D eigenvalue weighted by molar-refractivity contribution is 6.32. The van der Waals surface area contributed by atoms with Crippen LogP contribution in [0.5, 0.6) is 0 Å². The number of rotatable bonds is 2. The fourth-order valence-electron chi connectivity index (χ4n) is 2.18. The van der Waals surface area contributed by atoms with Crippen molar-refractivity contribution in [1.82, 2.24) is 4.98 Å². The standard InChI is InChI=1S/C16H11BN2O/c17-11-7-5-10(6-8-11)15-9-13(16(18)20)12-3-1-2-4-14(12)19-15/h1-9H,(H2,18,20). The molecule has 0 atom stereocenters. The number of primary amides is 1. The van der Waals surface area contributed by atoms with E-state index in [9.17, 15) is 4.79 Å². The van der Waals surface area contributed by atoms with E-state index in [0.29, 0.717) is 16.7 Å². The van der Waals surface area contributed by atoms with Gasteiger partial charge in [0.1, 0.15) is 7.85 Å². The van der Waals surface area contributed by atoms with Gasteiger partial charge in [-0.15, -0.1) is 0 Å². The lowest BCUT2D eigenvalue weighted by Crippen LogP contribution is -2.12. The highest BCUT2D eigenvalue weighted by Gasteiger charge is 2.10. The molecule has 2 N–H and O–H groups in total. The fourth-order valence-corrected chi connectivity index (χ4v) is 2.18. The van der Waals surface area contributed by atoms with Crippen LogP contribution in [0.3, 0.4) is 0 Å². The summed E-state index contributed by atoms with van der Waals surface area (Å²) in [6.45, 7) is 0. The molecular weight excluding hydrogens is 247 g/mol. The first kappa shape index (κ1) is 12.4. The van der Waals surface area contributed by atoms with E-state index >= 15 is 0 Å². The summed E-state index contributed by atoms with van der Waals surface area (Å²) in [6.07, 6.45) is 0. The average molecular weight is 258 g/mol. The quantitative estimate of drug-likeness (QED) is 0.712. The van der Waals surface area contributed by atoms with Gasteiger partial charge in [0.05, 0.1) is 16.8 Å². The van der Waals surface area contributed by atoms with Gasteiger partial charge >= 0.3 is 0 Å². The van der Waals surface area contributed by atoms with Gasteiger partial charge in [-0.25, -0.2) is 4.98 Å². The van der Waals surface area contributed by atoms with Crippen molar-refractivity contribution in [3.8, 4) is 11.3 Å². The van der Waals surface area contributed by atoms with Gasteiger partial charge < -0.3 is 5.73 Å². The highest BCUT2D eigenvalue weighted by Crippen LogP contribution is 2.24. The summed E-state index contributed by atoms with van der Waals surface area (Å²) in [7, 11) is 5.68. The molecule has 0 fully saturated rings. The van der Waals surface area contributed by atoms with Gasteiger partial charge in [0.15, 0.2) is 0 Å².